The molecule has 1 unspecified atom stereocenters. The lowest BCUT2D eigenvalue weighted by Gasteiger charge is -2.25. The molecule has 0 saturated heterocycles. The van der Waals surface area contributed by atoms with Crippen molar-refractivity contribution in [3.63, 3.8) is 0 Å². The SMILES string of the molecule is CCCNC(C)(C#N)CCCN(C)c1ccccc1. The van der Waals surface area contributed by atoms with Crippen LogP contribution in [-0.2, 0) is 0 Å². The van der Waals surface area contributed by atoms with Gasteiger partial charge in [-0.25, -0.2) is 0 Å². The molecule has 0 spiro atoms. The van der Waals surface area contributed by atoms with Crippen LogP contribution in [0.4, 0.5) is 5.69 Å². The highest BCUT2D eigenvalue weighted by Crippen LogP contribution is 2.15. The normalized spacial score (nSPS) is 13.6. The molecule has 0 aliphatic rings. The lowest BCUT2D eigenvalue weighted by atomic mass is 9.97. The Balaban J connectivity index is 2.39. The standard InChI is InChI=1S/C16H25N3/c1-4-12-18-16(2,14-17)11-8-13-19(3)15-9-6-5-7-10-15/h5-7,9-10,18H,4,8,11-13H2,1-3H3. The van der Waals surface area contributed by atoms with Gasteiger partial charge in [0.1, 0.15) is 5.54 Å². The van der Waals surface area contributed by atoms with Crippen molar-refractivity contribution in [1.29, 1.82) is 5.26 Å². The number of nitrogens with zero attached hydrogens (tertiary/aromatic N) is 2. The van der Waals surface area contributed by atoms with Crippen LogP contribution in [0.15, 0.2) is 30.3 Å². The summed E-state index contributed by atoms with van der Waals surface area (Å²) in [5.41, 5.74) is 0.829. The molecule has 0 amide bonds. The molecule has 1 aromatic carbocycles. The van der Waals surface area contributed by atoms with Crippen molar-refractivity contribution in [2.75, 3.05) is 25.0 Å². The minimum absolute atomic E-state index is 0.395. The monoisotopic (exact) mass is 259 g/mol. The molecule has 3 heteroatoms. The van der Waals surface area contributed by atoms with Gasteiger partial charge < -0.3 is 4.90 Å². The lowest BCUT2D eigenvalue weighted by Crippen LogP contribution is -2.41. The minimum atomic E-state index is -0.395. The number of rotatable bonds is 8. The van der Waals surface area contributed by atoms with Crippen molar-refractivity contribution in [3.8, 4) is 6.07 Å². The molecule has 0 aliphatic carbocycles. The van der Waals surface area contributed by atoms with Crippen molar-refractivity contribution in [2.45, 2.75) is 38.6 Å². The molecular formula is C16H25N3. The van der Waals surface area contributed by atoms with Gasteiger partial charge in [-0.05, 0) is 44.9 Å². The smallest absolute Gasteiger partial charge is 0.103 e. The van der Waals surface area contributed by atoms with Crippen molar-refractivity contribution in [2.24, 2.45) is 0 Å². The third-order valence-electron chi connectivity index (χ3n) is 3.38. The van der Waals surface area contributed by atoms with E-state index in [0.29, 0.717) is 0 Å². The summed E-state index contributed by atoms with van der Waals surface area (Å²) in [7, 11) is 2.10. The number of nitriles is 1. The van der Waals surface area contributed by atoms with Crippen LogP contribution < -0.4 is 10.2 Å². The average molecular weight is 259 g/mol. The first-order valence-corrected chi connectivity index (χ1v) is 7.04. The number of hydrogen-bond acceptors (Lipinski definition) is 3. The van der Waals surface area contributed by atoms with Crippen molar-refractivity contribution in [1.82, 2.24) is 5.32 Å². The zero-order valence-electron chi connectivity index (χ0n) is 12.3. The summed E-state index contributed by atoms with van der Waals surface area (Å²) < 4.78 is 0. The van der Waals surface area contributed by atoms with Crippen LogP contribution in [0.5, 0.6) is 0 Å². The van der Waals surface area contributed by atoms with Gasteiger partial charge in [0.05, 0.1) is 6.07 Å². The zero-order chi connectivity index (χ0) is 14.1. The predicted octanol–water partition coefficient (Wildman–Crippen LogP) is 3.18. The molecule has 1 N–H and O–H groups in total. The van der Waals surface area contributed by atoms with Crippen molar-refractivity contribution in [3.05, 3.63) is 30.3 Å². The molecule has 104 valence electrons. The second kappa shape index (κ2) is 7.81. The van der Waals surface area contributed by atoms with Gasteiger partial charge in [0.25, 0.3) is 0 Å². The molecule has 0 saturated carbocycles. The van der Waals surface area contributed by atoms with Crippen molar-refractivity contribution < 1.29 is 0 Å². The van der Waals surface area contributed by atoms with Gasteiger partial charge in [0.2, 0.25) is 0 Å². The Morgan fingerprint density at radius 3 is 2.58 bits per heavy atom. The number of para-hydroxylation sites is 1. The number of benzene rings is 1. The summed E-state index contributed by atoms with van der Waals surface area (Å²) in [6, 6.07) is 12.7. The maximum atomic E-state index is 9.27. The average Bonchev–Trinajstić information content (AvgIpc) is 2.46. The Kier molecular flexibility index (Phi) is 6.38. The van der Waals surface area contributed by atoms with E-state index in [-0.39, 0.29) is 0 Å². The number of anilines is 1. The lowest BCUT2D eigenvalue weighted by molar-refractivity contribution is 0.408. The molecular weight excluding hydrogens is 234 g/mol. The molecule has 1 rings (SSSR count). The Hall–Kier alpha value is -1.53. The van der Waals surface area contributed by atoms with E-state index < -0.39 is 5.54 Å². The summed E-state index contributed by atoms with van der Waals surface area (Å²) in [5.74, 6) is 0. The van der Waals surface area contributed by atoms with Gasteiger partial charge in [-0.15, -0.1) is 0 Å². The van der Waals surface area contributed by atoms with Gasteiger partial charge in [-0.3, -0.25) is 5.32 Å². The topological polar surface area (TPSA) is 39.1 Å². The molecule has 3 nitrogen and oxygen atoms in total. The van der Waals surface area contributed by atoms with E-state index in [0.717, 1.165) is 32.4 Å². The second-order valence-corrected chi connectivity index (χ2v) is 5.23. The van der Waals surface area contributed by atoms with Gasteiger partial charge in [-0.2, -0.15) is 5.26 Å². The second-order valence-electron chi connectivity index (χ2n) is 5.23. The molecule has 0 bridgehead atoms. The van der Waals surface area contributed by atoms with Crippen molar-refractivity contribution >= 4 is 5.69 Å². The van der Waals surface area contributed by atoms with Gasteiger partial charge in [0.15, 0.2) is 0 Å². The molecule has 0 radical (unpaired) electrons. The Bertz CT molecular complexity index is 396. The first kappa shape index (κ1) is 15.5. The molecule has 0 fully saturated rings. The quantitative estimate of drug-likeness (QED) is 0.779. The first-order chi connectivity index (χ1) is 9.11. The van der Waals surface area contributed by atoms with E-state index in [4.69, 9.17) is 0 Å². The maximum absolute atomic E-state index is 9.27. The number of nitrogens with one attached hydrogen (secondary N) is 1. The minimum Gasteiger partial charge on any atom is -0.375 e. The summed E-state index contributed by atoms with van der Waals surface area (Å²) in [4.78, 5) is 2.23. The van der Waals surface area contributed by atoms with Crippen LogP contribution in [0.2, 0.25) is 0 Å². The predicted molar refractivity (Wildman–Crippen MR) is 81.3 cm³/mol. The maximum Gasteiger partial charge on any atom is 0.103 e. The summed E-state index contributed by atoms with van der Waals surface area (Å²) >= 11 is 0. The van der Waals surface area contributed by atoms with Gasteiger partial charge in [0, 0.05) is 19.3 Å². The largest absolute Gasteiger partial charge is 0.375 e. The molecule has 1 aromatic rings. The fourth-order valence-corrected chi connectivity index (χ4v) is 2.07. The summed E-state index contributed by atoms with van der Waals surface area (Å²) in [5, 5.41) is 12.6. The molecule has 0 aromatic heterocycles. The van der Waals surface area contributed by atoms with Gasteiger partial charge in [-0.1, -0.05) is 25.1 Å². The van der Waals surface area contributed by atoms with Crippen LogP contribution in [0.3, 0.4) is 0 Å². The van der Waals surface area contributed by atoms with E-state index in [1.807, 2.05) is 25.1 Å². The highest BCUT2D eigenvalue weighted by Gasteiger charge is 2.21. The Morgan fingerprint density at radius 1 is 1.32 bits per heavy atom. The molecule has 0 heterocycles. The summed E-state index contributed by atoms with van der Waals surface area (Å²) in [6.45, 7) is 5.98. The molecule has 1 atom stereocenters. The first-order valence-electron chi connectivity index (χ1n) is 7.04. The fraction of sp³-hybridized carbons (Fsp3) is 0.562. The fourth-order valence-electron chi connectivity index (χ4n) is 2.07. The van der Waals surface area contributed by atoms with Crippen LogP contribution in [-0.4, -0.2) is 25.7 Å². The van der Waals surface area contributed by atoms with Gasteiger partial charge >= 0.3 is 0 Å². The molecule has 0 aliphatic heterocycles. The van der Waals surface area contributed by atoms with Crippen LogP contribution in [0, 0.1) is 11.3 Å². The third kappa shape index (κ3) is 5.32. The van der Waals surface area contributed by atoms with Crippen LogP contribution >= 0.6 is 0 Å². The Morgan fingerprint density at radius 2 is 2.00 bits per heavy atom. The van der Waals surface area contributed by atoms with E-state index in [1.54, 1.807) is 0 Å². The third-order valence-corrected chi connectivity index (χ3v) is 3.38. The summed E-state index contributed by atoms with van der Waals surface area (Å²) in [6.07, 6.45) is 2.94. The zero-order valence-corrected chi connectivity index (χ0v) is 12.3. The van der Waals surface area contributed by atoms with E-state index >= 15 is 0 Å². The van der Waals surface area contributed by atoms with E-state index in [2.05, 4.69) is 42.4 Å². The van der Waals surface area contributed by atoms with E-state index in [1.165, 1.54) is 5.69 Å². The number of hydrogen-bond donors (Lipinski definition) is 1. The Labute approximate surface area is 117 Å². The van der Waals surface area contributed by atoms with Crippen LogP contribution in [0.1, 0.15) is 33.1 Å². The highest BCUT2D eigenvalue weighted by molar-refractivity contribution is 5.44. The van der Waals surface area contributed by atoms with Crippen LogP contribution in [0.25, 0.3) is 0 Å². The molecule has 19 heavy (non-hydrogen) atoms. The van der Waals surface area contributed by atoms with E-state index in [9.17, 15) is 5.26 Å². The highest BCUT2D eigenvalue weighted by atomic mass is 15.1.